The van der Waals surface area contributed by atoms with Crippen LogP contribution in [-0.4, -0.2) is 19.1 Å². The molecule has 0 saturated heterocycles. The Balaban J connectivity index is 0.000000250. The number of fused-ring (bicyclic) bond motifs is 3. The van der Waals surface area contributed by atoms with Crippen LogP contribution >= 0.6 is 0 Å². The van der Waals surface area contributed by atoms with E-state index in [4.69, 9.17) is 4.74 Å². The van der Waals surface area contributed by atoms with E-state index < -0.39 is 0 Å². The molecule has 2 aliphatic heterocycles. The molecule has 4 aromatic carbocycles. The highest BCUT2D eigenvalue weighted by Gasteiger charge is 2.18. The maximum atomic E-state index is 11.6. The summed E-state index contributed by atoms with van der Waals surface area (Å²) in [6.07, 6.45) is 9.90. The number of nitrogens with zero attached hydrogens (tertiary/aromatic N) is 1. The molecule has 0 aromatic heterocycles. The highest BCUT2D eigenvalue weighted by molar-refractivity contribution is 5.90. The number of para-hydroxylation sites is 3. The summed E-state index contributed by atoms with van der Waals surface area (Å²) >= 11 is 0. The second-order valence-corrected chi connectivity index (χ2v) is 9.81. The monoisotopic (exact) mass is 560 g/mol. The van der Waals surface area contributed by atoms with Crippen LogP contribution in [0.2, 0.25) is 0 Å². The number of benzene rings is 4. The summed E-state index contributed by atoms with van der Waals surface area (Å²) in [6.45, 7) is 11.1. The van der Waals surface area contributed by atoms with E-state index in [2.05, 4.69) is 128 Å². The van der Waals surface area contributed by atoms with Gasteiger partial charge in [0, 0.05) is 29.6 Å². The molecule has 42 heavy (non-hydrogen) atoms. The van der Waals surface area contributed by atoms with E-state index in [0.29, 0.717) is 11.6 Å². The van der Waals surface area contributed by atoms with Crippen molar-refractivity contribution in [1.82, 2.24) is 0 Å². The van der Waals surface area contributed by atoms with Crippen molar-refractivity contribution >= 4 is 41.3 Å². The molecular formula is C38H44N2O2. The standard InChI is InChI=1S/C23H19NO2.C10H11N.C3H8.C2H6/c1-26-23(25)20-12-10-17(11-13-20)16-24-21-8-4-2-6-18(21)14-15-19-7-3-5-9-22(19)24;1-8-6-7-9-4-2-3-5-10(9)11-8;1-3-2;1-2/h2-15H,16H2,1H3;2-8,11H,1H3;3H2,1-2H3;1-2H3. The average Bonchev–Trinajstić information content (AvgIpc) is 3.20. The number of methoxy groups -OCH3 is 1. The molecule has 1 atom stereocenters. The number of hydrogen-bond donors (Lipinski definition) is 1. The first-order valence-corrected chi connectivity index (χ1v) is 14.9. The third-order valence-corrected chi connectivity index (χ3v) is 6.52. The Hall–Kier alpha value is -4.57. The quantitative estimate of drug-likeness (QED) is 0.253. The molecule has 0 spiro atoms. The molecule has 4 aromatic rings. The SMILES string of the molecule is CC.CC1C=Cc2ccccc2N1.CCC.COC(=O)c1ccc(CN2c3ccccc3C=Cc3ccccc32)cc1. The molecule has 0 bridgehead atoms. The third-order valence-electron chi connectivity index (χ3n) is 6.52. The second kappa shape index (κ2) is 16.6. The minimum atomic E-state index is -0.314. The van der Waals surface area contributed by atoms with Crippen LogP contribution in [0.5, 0.6) is 0 Å². The molecule has 0 saturated carbocycles. The summed E-state index contributed by atoms with van der Waals surface area (Å²) in [6, 6.07) is 33.2. The van der Waals surface area contributed by atoms with E-state index in [1.54, 1.807) is 0 Å². The van der Waals surface area contributed by atoms with Crippen LogP contribution in [0, 0.1) is 0 Å². The largest absolute Gasteiger partial charge is 0.465 e. The van der Waals surface area contributed by atoms with E-state index in [-0.39, 0.29) is 5.97 Å². The van der Waals surface area contributed by atoms with Gasteiger partial charge in [-0.2, -0.15) is 0 Å². The number of rotatable bonds is 3. The van der Waals surface area contributed by atoms with E-state index >= 15 is 0 Å². The van der Waals surface area contributed by atoms with Crippen LogP contribution in [-0.2, 0) is 11.3 Å². The molecule has 2 aliphatic rings. The zero-order valence-corrected chi connectivity index (χ0v) is 25.8. The maximum absolute atomic E-state index is 11.6. The van der Waals surface area contributed by atoms with E-state index in [1.807, 2.05) is 38.1 Å². The predicted octanol–water partition coefficient (Wildman–Crippen LogP) is 10.3. The van der Waals surface area contributed by atoms with Gasteiger partial charge in [0.1, 0.15) is 0 Å². The van der Waals surface area contributed by atoms with Gasteiger partial charge in [0.15, 0.2) is 0 Å². The Bertz CT molecular complexity index is 1420. The summed E-state index contributed by atoms with van der Waals surface area (Å²) in [5.74, 6) is -0.314. The van der Waals surface area contributed by atoms with Crippen LogP contribution < -0.4 is 10.2 Å². The predicted molar refractivity (Wildman–Crippen MR) is 181 cm³/mol. The van der Waals surface area contributed by atoms with Gasteiger partial charge >= 0.3 is 5.97 Å². The van der Waals surface area contributed by atoms with Gasteiger partial charge in [-0.15, -0.1) is 0 Å². The van der Waals surface area contributed by atoms with Crippen LogP contribution in [0.15, 0.2) is 103 Å². The van der Waals surface area contributed by atoms with Gasteiger partial charge in [-0.25, -0.2) is 4.79 Å². The van der Waals surface area contributed by atoms with Gasteiger partial charge in [0.05, 0.1) is 12.7 Å². The van der Waals surface area contributed by atoms with Crippen molar-refractivity contribution in [2.75, 3.05) is 17.3 Å². The fourth-order valence-corrected chi connectivity index (χ4v) is 4.59. The van der Waals surface area contributed by atoms with Gasteiger partial charge in [0.2, 0.25) is 0 Å². The minimum absolute atomic E-state index is 0.314. The summed E-state index contributed by atoms with van der Waals surface area (Å²) in [5.41, 5.74) is 8.94. The number of hydrogen-bond acceptors (Lipinski definition) is 4. The summed E-state index contributed by atoms with van der Waals surface area (Å²) in [5, 5.41) is 3.37. The Morgan fingerprint density at radius 1 is 0.738 bits per heavy atom. The Morgan fingerprint density at radius 3 is 1.79 bits per heavy atom. The summed E-state index contributed by atoms with van der Waals surface area (Å²) in [4.78, 5) is 14.0. The van der Waals surface area contributed by atoms with E-state index in [0.717, 1.165) is 12.1 Å². The van der Waals surface area contributed by atoms with Gasteiger partial charge in [-0.1, -0.05) is 125 Å². The molecule has 4 nitrogen and oxygen atoms in total. The van der Waals surface area contributed by atoms with Crippen molar-refractivity contribution in [3.05, 3.63) is 131 Å². The third kappa shape index (κ3) is 8.47. The van der Waals surface area contributed by atoms with Gasteiger partial charge in [-0.3, -0.25) is 0 Å². The molecule has 0 aliphatic carbocycles. The van der Waals surface area contributed by atoms with Gasteiger partial charge in [-0.05, 0) is 59.5 Å². The molecular weight excluding hydrogens is 516 g/mol. The molecule has 4 heteroatoms. The van der Waals surface area contributed by atoms with Crippen LogP contribution in [0.4, 0.5) is 17.1 Å². The van der Waals surface area contributed by atoms with Gasteiger partial charge < -0.3 is 15.0 Å². The van der Waals surface area contributed by atoms with E-state index in [9.17, 15) is 4.79 Å². The number of nitrogens with one attached hydrogen (secondary N) is 1. The lowest BCUT2D eigenvalue weighted by atomic mass is 10.1. The maximum Gasteiger partial charge on any atom is 0.337 e. The fourth-order valence-electron chi connectivity index (χ4n) is 4.59. The van der Waals surface area contributed by atoms with Crippen molar-refractivity contribution in [3.8, 4) is 0 Å². The van der Waals surface area contributed by atoms with Crippen molar-refractivity contribution in [2.24, 2.45) is 0 Å². The average molecular weight is 561 g/mol. The highest BCUT2D eigenvalue weighted by Crippen LogP contribution is 2.37. The van der Waals surface area contributed by atoms with E-state index in [1.165, 1.54) is 47.3 Å². The molecule has 1 unspecified atom stereocenters. The zero-order chi connectivity index (χ0) is 30.3. The van der Waals surface area contributed by atoms with Crippen molar-refractivity contribution in [2.45, 2.75) is 53.6 Å². The Labute approximate surface area is 252 Å². The summed E-state index contributed by atoms with van der Waals surface area (Å²) in [7, 11) is 1.40. The molecule has 0 radical (unpaired) electrons. The van der Waals surface area contributed by atoms with Crippen LogP contribution in [0.1, 0.15) is 73.7 Å². The minimum Gasteiger partial charge on any atom is -0.465 e. The molecule has 6 rings (SSSR count). The fraction of sp³-hybridized carbons (Fsp3) is 0.237. The summed E-state index contributed by atoms with van der Waals surface area (Å²) < 4.78 is 4.78. The number of esters is 1. The normalized spacial score (nSPS) is 13.5. The highest BCUT2D eigenvalue weighted by atomic mass is 16.5. The smallest absolute Gasteiger partial charge is 0.337 e. The Morgan fingerprint density at radius 2 is 1.24 bits per heavy atom. The van der Waals surface area contributed by atoms with Gasteiger partial charge in [0.25, 0.3) is 0 Å². The molecule has 0 amide bonds. The molecule has 0 fully saturated rings. The van der Waals surface area contributed by atoms with Crippen molar-refractivity contribution in [3.63, 3.8) is 0 Å². The molecule has 2 heterocycles. The lowest BCUT2D eigenvalue weighted by Gasteiger charge is -2.27. The van der Waals surface area contributed by atoms with Crippen molar-refractivity contribution in [1.29, 1.82) is 0 Å². The number of ether oxygens (including phenoxy) is 1. The lowest BCUT2D eigenvalue weighted by molar-refractivity contribution is 0.0600. The zero-order valence-electron chi connectivity index (χ0n) is 25.8. The van der Waals surface area contributed by atoms with Crippen LogP contribution in [0.25, 0.3) is 18.2 Å². The number of carbonyl (C=O) groups is 1. The first-order valence-electron chi connectivity index (χ1n) is 14.9. The first kappa shape index (κ1) is 32.0. The molecule has 218 valence electrons. The second-order valence-electron chi connectivity index (χ2n) is 9.81. The van der Waals surface area contributed by atoms with Crippen LogP contribution in [0.3, 0.4) is 0 Å². The first-order chi connectivity index (χ1) is 20.5. The topological polar surface area (TPSA) is 41.6 Å². The number of anilines is 3. The number of carbonyl (C=O) groups excluding carboxylic acids is 1. The Kier molecular flexibility index (Phi) is 12.7. The molecule has 1 N–H and O–H groups in total. The van der Waals surface area contributed by atoms with Crippen molar-refractivity contribution < 1.29 is 9.53 Å². The lowest BCUT2D eigenvalue weighted by Crippen LogP contribution is -2.17.